The molecule has 0 aliphatic rings. The molecule has 1 heterocycles. The van der Waals surface area contributed by atoms with E-state index in [9.17, 15) is 4.79 Å². The first-order valence-corrected chi connectivity index (χ1v) is 7.59. The van der Waals surface area contributed by atoms with E-state index in [0.29, 0.717) is 12.1 Å². The molecule has 0 saturated heterocycles. The fourth-order valence-electron chi connectivity index (χ4n) is 1.71. The summed E-state index contributed by atoms with van der Waals surface area (Å²) in [4.78, 5) is 12.8. The molecule has 1 amide bonds. The van der Waals surface area contributed by atoms with Crippen molar-refractivity contribution in [3.8, 4) is 6.07 Å². The highest BCUT2D eigenvalue weighted by atomic mass is 32.1. The molecule has 5 heteroatoms. The number of amides is 1. The highest BCUT2D eigenvalue weighted by Gasteiger charge is 2.07. The topological polar surface area (TPSA) is 64.9 Å². The Morgan fingerprint density at radius 3 is 2.76 bits per heavy atom. The Morgan fingerprint density at radius 2 is 2.10 bits per heavy atom. The van der Waals surface area contributed by atoms with Gasteiger partial charge in [0, 0.05) is 34.1 Å². The minimum Gasteiger partial charge on any atom is -0.380 e. The van der Waals surface area contributed by atoms with Gasteiger partial charge in [-0.3, -0.25) is 4.79 Å². The van der Waals surface area contributed by atoms with Crippen molar-refractivity contribution in [2.45, 2.75) is 20.4 Å². The maximum atomic E-state index is 11.7. The third kappa shape index (κ3) is 4.33. The van der Waals surface area contributed by atoms with Gasteiger partial charge in [-0.15, -0.1) is 11.3 Å². The first-order valence-electron chi connectivity index (χ1n) is 6.71. The van der Waals surface area contributed by atoms with E-state index in [1.54, 1.807) is 11.3 Å². The van der Waals surface area contributed by atoms with Gasteiger partial charge in [-0.2, -0.15) is 5.26 Å². The number of thiophene rings is 1. The van der Waals surface area contributed by atoms with Crippen molar-refractivity contribution in [2.24, 2.45) is 5.92 Å². The van der Waals surface area contributed by atoms with E-state index in [4.69, 9.17) is 5.26 Å². The van der Waals surface area contributed by atoms with Gasteiger partial charge < -0.3 is 10.6 Å². The molecule has 1 aromatic heterocycles. The second-order valence-corrected chi connectivity index (χ2v) is 5.99. The van der Waals surface area contributed by atoms with Crippen molar-refractivity contribution in [3.63, 3.8) is 0 Å². The van der Waals surface area contributed by atoms with Gasteiger partial charge in [-0.1, -0.05) is 19.9 Å². The third-order valence-corrected chi connectivity index (χ3v) is 3.84. The van der Waals surface area contributed by atoms with Crippen LogP contribution in [0.2, 0.25) is 0 Å². The molecule has 0 aliphatic carbocycles. The molecule has 108 valence electrons. The molecule has 4 nitrogen and oxygen atoms in total. The summed E-state index contributed by atoms with van der Waals surface area (Å²) in [5.74, 6) is -0.0406. The number of benzene rings is 1. The summed E-state index contributed by atoms with van der Waals surface area (Å²) in [5, 5.41) is 16.8. The van der Waals surface area contributed by atoms with Gasteiger partial charge in [0.25, 0.3) is 0 Å². The molecule has 21 heavy (non-hydrogen) atoms. The number of anilines is 2. The number of rotatable bonds is 5. The van der Waals surface area contributed by atoms with E-state index in [1.807, 2.05) is 49.6 Å². The van der Waals surface area contributed by atoms with Crippen LogP contribution in [0.1, 0.15) is 24.3 Å². The first kappa shape index (κ1) is 15.1. The second-order valence-electron chi connectivity index (χ2n) is 4.99. The van der Waals surface area contributed by atoms with Gasteiger partial charge in [0.2, 0.25) is 5.91 Å². The van der Waals surface area contributed by atoms with Crippen LogP contribution in [0.5, 0.6) is 0 Å². The maximum Gasteiger partial charge on any atom is 0.226 e. The molecule has 0 saturated carbocycles. The van der Waals surface area contributed by atoms with Crippen LogP contribution in [0, 0.1) is 17.2 Å². The van der Waals surface area contributed by atoms with Crippen molar-refractivity contribution in [2.75, 3.05) is 10.6 Å². The van der Waals surface area contributed by atoms with Crippen LogP contribution in [-0.4, -0.2) is 5.91 Å². The third-order valence-electron chi connectivity index (χ3n) is 2.90. The minimum absolute atomic E-state index is 0.00377. The number of carbonyl (C=O) groups is 1. The molecule has 0 atom stereocenters. The predicted molar refractivity (Wildman–Crippen MR) is 86.3 cm³/mol. The summed E-state index contributed by atoms with van der Waals surface area (Å²) in [5.41, 5.74) is 2.40. The molecule has 0 spiro atoms. The molecule has 0 unspecified atom stereocenters. The molecule has 0 radical (unpaired) electrons. The zero-order valence-electron chi connectivity index (χ0n) is 12.0. The molecular formula is C16H17N3OS. The van der Waals surface area contributed by atoms with Gasteiger partial charge in [0.15, 0.2) is 0 Å². The largest absolute Gasteiger partial charge is 0.380 e. The van der Waals surface area contributed by atoms with Gasteiger partial charge in [-0.25, -0.2) is 0 Å². The lowest BCUT2D eigenvalue weighted by Gasteiger charge is -2.10. The lowest BCUT2D eigenvalue weighted by molar-refractivity contribution is -0.118. The van der Waals surface area contributed by atoms with E-state index in [-0.39, 0.29) is 11.8 Å². The van der Waals surface area contributed by atoms with Crippen LogP contribution >= 0.6 is 11.3 Å². The Morgan fingerprint density at radius 1 is 1.33 bits per heavy atom. The molecule has 0 bridgehead atoms. The van der Waals surface area contributed by atoms with Crippen molar-refractivity contribution in [1.82, 2.24) is 0 Å². The summed E-state index contributed by atoms with van der Waals surface area (Å²) in [6.45, 7) is 4.38. The summed E-state index contributed by atoms with van der Waals surface area (Å²) in [7, 11) is 0. The minimum atomic E-state index is -0.0443. The number of hydrogen-bond donors (Lipinski definition) is 2. The lowest BCUT2D eigenvalue weighted by atomic mass is 10.2. The molecule has 1 aromatic carbocycles. The van der Waals surface area contributed by atoms with Gasteiger partial charge in [0.05, 0.1) is 5.56 Å². The van der Waals surface area contributed by atoms with Crippen LogP contribution in [0.25, 0.3) is 0 Å². The Kier molecular flexibility index (Phi) is 4.96. The molecular weight excluding hydrogens is 282 g/mol. The SMILES string of the molecule is CC(C)C(=O)Nc1cccc(NCc2cc(C#N)cs2)c1. The summed E-state index contributed by atoms with van der Waals surface area (Å²) >= 11 is 1.56. The van der Waals surface area contributed by atoms with Gasteiger partial charge >= 0.3 is 0 Å². The van der Waals surface area contributed by atoms with Crippen LogP contribution in [-0.2, 0) is 11.3 Å². The van der Waals surface area contributed by atoms with Crippen LogP contribution in [0.15, 0.2) is 35.7 Å². The Labute approximate surface area is 128 Å². The van der Waals surface area contributed by atoms with Crippen LogP contribution in [0.4, 0.5) is 11.4 Å². The standard InChI is InChI=1S/C16H17N3OS/c1-11(2)16(20)19-14-5-3-4-13(7-14)18-9-15-6-12(8-17)10-21-15/h3-7,10-11,18H,9H2,1-2H3,(H,19,20). The molecule has 2 rings (SSSR count). The zero-order valence-corrected chi connectivity index (χ0v) is 12.8. The van der Waals surface area contributed by atoms with E-state index < -0.39 is 0 Å². The molecule has 2 N–H and O–H groups in total. The number of nitrogens with zero attached hydrogens (tertiary/aromatic N) is 1. The van der Waals surface area contributed by atoms with E-state index >= 15 is 0 Å². The monoisotopic (exact) mass is 299 g/mol. The van der Waals surface area contributed by atoms with Crippen LogP contribution in [0.3, 0.4) is 0 Å². The highest BCUT2D eigenvalue weighted by Crippen LogP contribution is 2.19. The van der Waals surface area contributed by atoms with Crippen molar-refractivity contribution in [3.05, 3.63) is 46.2 Å². The van der Waals surface area contributed by atoms with E-state index in [1.165, 1.54) is 0 Å². The quantitative estimate of drug-likeness (QED) is 0.882. The fourth-order valence-corrected chi connectivity index (χ4v) is 2.46. The molecule has 0 fully saturated rings. The van der Waals surface area contributed by atoms with Gasteiger partial charge in [-0.05, 0) is 24.3 Å². The number of nitriles is 1. The number of hydrogen-bond acceptors (Lipinski definition) is 4. The number of nitrogens with one attached hydrogen (secondary N) is 2. The first-order chi connectivity index (χ1) is 10.1. The Balaban J connectivity index is 1.98. The van der Waals surface area contributed by atoms with E-state index in [2.05, 4.69) is 16.7 Å². The molecule has 0 aliphatic heterocycles. The smallest absolute Gasteiger partial charge is 0.226 e. The summed E-state index contributed by atoms with van der Waals surface area (Å²) in [6.07, 6.45) is 0. The zero-order chi connectivity index (χ0) is 15.2. The van der Waals surface area contributed by atoms with Gasteiger partial charge in [0.1, 0.15) is 6.07 Å². The van der Waals surface area contributed by atoms with Crippen molar-refractivity contribution < 1.29 is 4.79 Å². The Hall–Kier alpha value is -2.32. The van der Waals surface area contributed by atoms with Crippen molar-refractivity contribution >= 4 is 28.6 Å². The predicted octanol–water partition coefficient (Wildman–Crippen LogP) is 3.83. The average molecular weight is 299 g/mol. The number of carbonyl (C=O) groups excluding carboxylic acids is 1. The second kappa shape index (κ2) is 6.91. The van der Waals surface area contributed by atoms with E-state index in [0.717, 1.165) is 16.3 Å². The molecule has 2 aromatic rings. The Bertz CT molecular complexity index is 670. The van der Waals surface area contributed by atoms with Crippen molar-refractivity contribution in [1.29, 1.82) is 5.26 Å². The highest BCUT2D eigenvalue weighted by molar-refractivity contribution is 7.10. The lowest BCUT2D eigenvalue weighted by Crippen LogP contribution is -2.17. The fraction of sp³-hybridized carbons (Fsp3) is 0.250. The normalized spacial score (nSPS) is 10.2. The van der Waals surface area contributed by atoms with Crippen LogP contribution < -0.4 is 10.6 Å². The average Bonchev–Trinajstić information content (AvgIpc) is 2.93. The summed E-state index contributed by atoms with van der Waals surface area (Å²) < 4.78 is 0. The maximum absolute atomic E-state index is 11.7. The summed E-state index contributed by atoms with van der Waals surface area (Å²) in [6, 6.07) is 11.6.